The summed E-state index contributed by atoms with van der Waals surface area (Å²) in [4.78, 5) is 21.4. The third-order valence-electron chi connectivity index (χ3n) is 3.81. The summed E-state index contributed by atoms with van der Waals surface area (Å²) < 4.78 is 15.2. The summed E-state index contributed by atoms with van der Waals surface area (Å²) in [7, 11) is 3.09. The van der Waals surface area contributed by atoms with Gasteiger partial charge in [-0.2, -0.15) is 0 Å². The van der Waals surface area contributed by atoms with Crippen LogP contribution in [0.5, 0.6) is 17.2 Å². The third-order valence-corrected chi connectivity index (χ3v) is 3.81. The molecule has 0 bridgehead atoms. The number of hydrogen-bond donors (Lipinski definition) is 1. The SMILES string of the molecule is CC=Cc1ccc(CC(=O)O)c(OC)c1.CC=Cc1ccc(OC(C)=O)c(OC)c1. The van der Waals surface area contributed by atoms with Crippen molar-refractivity contribution in [2.75, 3.05) is 14.2 Å². The second-order valence-corrected chi connectivity index (χ2v) is 6.15. The van der Waals surface area contributed by atoms with Crippen molar-refractivity contribution in [2.45, 2.75) is 27.2 Å². The normalized spacial score (nSPS) is 10.4. The van der Waals surface area contributed by atoms with Crippen LogP contribution in [0.15, 0.2) is 48.6 Å². The minimum absolute atomic E-state index is 0.0146. The van der Waals surface area contributed by atoms with E-state index in [4.69, 9.17) is 19.3 Å². The predicted octanol–water partition coefficient (Wildman–Crippen LogP) is 5.01. The maximum Gasteiger partial charge on any atom is 0.308 e. The zero-order valence-corrected chi connectivity index (χ0v) is 18.0. The second kappa shape index (κ2) is 12.8. The van der Waals surface area contributed by atoms with Crippen LogP contribution in [-0.4, -0.2) is 31.3 Å². The standard InChI is InChI=1S/2C12H14O3/c1-4-5-10-6-7-11(15-9(2)13)12(8-10)14-3;1-3-4-9-5-6-10(8-12(13)14)11(7-9)15-2/h4-8H,1-3H3;3-7H,8H2,1-2H3,(H,13,14). The zero-order chi connectivity index (χ0) is 22.5. The molecule has 0 saturated heterocycles. The molecule has 0 aliphatic carbocycles. The average molecular weight is 412 g/mol. The molecule has 0 unspecified atom stereocenters. The van der Waals surface area contributed by atoms with Crippen LogP contribution in [0, 0.1) is 0 Å². The highest BCUT2D eigenvalue weighted by Gasteiger charge is 2.08. The molecule has 1 N–H and O–H groups in total. The van der Waals surface area contributed by atoms with Gasteiger partial charge in [0.2, 0.25) is 0 Å². The van der Waals surface area contributed by atoms with Gasteiger partial charge >= 0.3 is 11.9 Å². The fraction of sp³-hybridized carbons (Fsp3) is 0.250. The van der Waals surface area contributed by atoms with Crippen LogP contribution in [-0.2, 0) is 16.0 Å². The number of carboxylic acid groups (broad SMARTS) is 1. The summed E-state index contributed by atoms with van der Waals surface area (Å²) in [6.07, 6.45) is 7.72. The molecule has 0 fully saturated rings. The van der Waals surface area contributed by atoms with Crippen LogP contribution >= 0.6 is 0 Å². The minimum Gasteiger partial charge on any atom is -0.496 e. The quantitative estimate of drug-likeness (QED) is 0.509. The van der Waals surface area contributed by atoms with Crippen LogP contribution in [0.25, 0.3) is 12.2 Å². The summed E-state index contributed by atoms with van der Waals surface area (Å²) in [6, 6.07) is 10.9. The Hall–Kier alpha value is -3.54. The Kier molecular flexibility index (Phi) is 10.5. The van der Waals surface area contributed by atoms with Crippen LogP contribution in [0.1, 0.15) is 37.5 Å². The number of rotatable bonds is 7. The van der Waals surface area contributed by atoms with E-state index in [9.17, 15) is 9.59 Å². The Labute approximate surface area is 177 Å². The molecule has 6 nitrogen and oxygen atoms in total. The van der Waals surface area contributed by atoms with Gasteiger partial charge in [-0.15, -0.1) is 0 Å². The lowest BCUT2D eigenvalue weighted by Gasteiger charge is -2.08. The van der Waals surface area contributed by atoms with E-state index in [1.54, 1.807) is 26.4 Å². The molecule has 0 heterocycles. The molecule has 0 aromatic heterocycles. The van der Waals surface area contributed by atoms with E-state index in [-0.39, 0.29) is 12.4 Å². The molecule has 0 aliphatic heterocycles. The lowest BCUT2D eigenvalue weighted by molar-refractivity contribution is -0.136. The minimum atomic E-state index is -0.855. The summed E-state index contributed by atoms with van der Waals surface area (Å²) in [6.45, 7) is 5.23. The molecule has 6 heteroatoms. The molecular weight excluding hydrogens is 384 g/mol. The van der Waals surface area contributed by atoms with Crippen molar-refractivity contribution in [3.05, 3.63) is 65.2 Å². The molecule has 0 spiro atoms. The fourth-order valence-electron chi connectivity index (χ4n) is 2.59. The Morgan fingerprint density at radius 1 is 0.867 bits per heavy atom. The maximum atomic E-state index is 10.8. The smallest absolute Gasteiger partial charge is 0.308 e. The Morgan fingerprint density at radius 3 is 1.87 bits per heavy atom. The van der Waals surface area contributed by atoms with Crippen molar-refractivity contribution < 1.29 is 28.9 Å². The van der Waals surface area contributed by atoms with Gasteiger partial charge in [0.1, 0.15) is 5.75 Å². The third kappa shape index (κ3) is 8.22. The number of allylic oxidation sites excluding steroid dienone is 2. The number of carboxylic acids is 1. The van der Waals surface area contributed by atoms with Crippen molar-refractivity contribution in [2.24, 2.45) is 0 Å². The van der Waals surface area contributed by atoms with Gasteiger partial charge in [0.25, 0.3) is 0 Å². The molecule has 0 aliphatic rings. The predicted molar refractivity (Wildman–Crippen MR) is 118 cm³/mol. The lowest BCUT2D eigenvalue weighted by atomic mass is 10.1. The van der Waals surface area contributed by atoms with Gasteiger partial charge in [-0.25, -0.2) is 0 Å². The van der Waals surface area contributed by atoms with Gasteiger partial charge in [0.15, 0.2) is 11.5 Å². The lowest BCUT2D eigenvalue weighted by Crippen LogP contribution is -2.02. The van der Waals surface area contributed by atoms with E-state index in [2.05, 4.69) is 0 Å². The summed E-state index contributed by atoms with van der Waals surface area (Å²) in [5.41, 5.74) is 2.70. The Morgan fingerprint density at radius 2 is 1.40 bits per heavy atom. The largest absolute Gasteiger partial charge is 0.496 e. The van der Waals surface area contributed by atoms with Gasteiger partial charge < -0.3 is 19.3 Å². The zero-order valence-electron chi connectivity index (χ0n) is 18.0. The Balaban J connectivity index is 0.000000300. The number of carbonyl (C=O) groups is 2. The van der Waals surface area contributed by atoms with Crippen molar-refractivity contribution in [3.8, 4) is 17.2 Å². The van der Waals surface area contributed by atoms with Crippen molar-refractivity contribution >= 4 is 24.1 Å². The summed E-state index contributed by atoms with van der Waals surface area (Å²) >= 11 is 0. The number of ether oxygens (including phenoxy) is 3. The van der Waals surface area contributed by atoms with E-state index in [1.165, 1.54) is 6.92 Å². The first-order chi connectivity index (χ1) is 14.3. The highest BCUT2D eigenvalue weighted by atomic mass is 16.6. The van der Waals surface area contributed by atoms with E-state index in [0.29, 0.717) is 22.8 Å². The second-order valence-electron chi connectivity index (χ2n) is 6.15. The van der Waals surface area contributed by atoms with Gasteiger partial charge in [-0.3, -0.25) is 9.59 Å². The van der Waals surface area contributed by atoms with Gasteiger partial charge in [-0.05, 0) is 43.2 Å². The molecule has 0 radical (unpaired) electrons. The molecule has 0 atom stereocenters. The van der Waals surface area contributed by atoms with Gasteiger partial charge in [-0.1, -0.05) is 42.5 Å². The van der Waals surface area contributed by atoms with Crippen molar-refractivity contribution in [1.82, 2.24) is 0 Å². The number of esters is 1. The van der Waals surface area contributed by atoms with E-state index < -0.39 is 5.97 Å². The first-order valence-electron chi connectivity index (χ1n) is 9.35. The molecular formula is C24H28O6. The summed E-state index contributed by atoms with van der Waals surface area (Å²) in [5.74, 6) is 0.409. The van der Waals surface area contributed by atoms with Crippen LogP contribution in [0.2, 0.25) is 0 Å². The molecule has 160 valence electrons. The first-order valence-corrected chi connectivity index (χ1v) is 9.35. The highest BCUT2D eigenvalue weighted by Crippen LogP contribution is 2.28. The van der Waals surface area contributed by atoms with Crippen LogP contribution in [0.3, 0.4) is 0 Å². The van der Waals surface area contributed by atoms with Gasteiger partial charge in [0.05, 0.1) is 20.6 Å². The first kappa shape index (κ1) is 24.5. The fourth-order valence-corrected chi connectivity index (χ4v) is 2.59. The van der Waals surface area contributed by atoms with E-state index in [1.807, 2.05) is 62.4 Å². The van der Waals surface area contributed by atoms with Crippen molar-refractivity contribution in [3.63, 3.8) is 0 Å². The number of methoxy groups -OCH3 is 2. The molecule has 2 aromatic carbocycles. The monoisotopic (exact) mass is 412 g/mol. The van der Waals surface area contributed by atoms with Crippen LogP contribution in [0.4, 0.5) is 0 Å². The maximum absolute atomic E-state index is 10.8. The van der Waals surface area contributed by atoms with Crippen molar-refractivity contribution in [1.29, 1.82) is 0 Å². The number of hydrogen-bond acceptors (Lipinski definition) is 5. The summed E-state index contributed by atoms with van der Waals surface area (Å²) in [5, 5.41) is 8.69. The highest BCUT2D eigenvalue weighted by molar-refractivity contribution is 5.72. The molecule has 0 saturated carbocycles. The molecule has 30 heavy (non-hydrogen) atoms. The average Bonchev–Trinajstić information content (AvgIpc) is 2.70. The number of carbonyl (C=O) groups excluding carboxylic acids is 1. The number of benzene rings is 2. The van der Waals surface area contributed by atoms with Crippen LogP contribution < -0.4 is 14.2 Å². The van der Waals surface area contributed by atoms with E-state index in [0.717, 1.165) is 11.1 Å². The topological polar surface area (TPSA) is 82.1 Å². The molecule has 0 amide bonds. The molecule has 2 rings (SSSR count). The van der Waals surface area contributed by atoms with E-state index >= 15 is 0 Å². The number of aliphatic carboxylic acids is 1. The Bertz CT molecular complexity index is 836. The molecule has 2 aromatic rings. The van der Waals surface area contributed by atoms with Gasteiger partial charge in [0, 0.05) is 12.5 Å².